The van der Waals surface area contributed by atoms with E-state index in [1.807, 2.05) is 0 Å². The van der Waals surface area contributed by atoms with E-state index in [9.17, 15) is 4.79 Å². The van der Waals surface area contributed by atoms with Gasteiger partial charge in [-0.25, -0.2) is 0 Å². The largest absolute Gasteiger partial charge is 0.353 e. The zero-order chi connectivity index (χ0) is 16.4. The van der Waals surface area contributed by atoms with Crippen molar-refractivity contribution in [2.75, 3.05) is 46.8 Å². The first-order valence-corrected chi connectivity index (χ1v) is 8.77. The van der Waals surface area contributed by atoms with Gasteiger partial charge in [0.1, 0.15) is 0 Å². The number of likely N-dealkylation sites (tertiary alicyclic amines) is 2. The van der Waals surface area contributed by atoms with Gasteiger partial charge in [-0.3, -0.25) is 9.69 Å². The lowest BCUT2D eigenvalue weighted by Crippen LogP contribution is -2.48. The zero-order valence-corrected chi connectivity index (χ0v) is 14.8. The molecule has 1 spiro atoms. The molecule has 0 saturated carbocycles. The number of piperidine rings is 1. The van der Waals surface area contributed by atoms with Crippen LogP contribution in [0.5, 0.6) is 0 Å². The first-order valence-electron chi connectivity index (χ1n) is 8.77. The Kier molecular flexibility index (Phi) is 4.78. The van der Waals surface area contributed by atoms with Crippen LogP contribution >= 0.6 is 0 Å². The topological polar surface area (TPSA) is 31.7 Å². The van der Waals surface area contributed by atoms with Gasteiger partial charge in [-0.15, -0.1) is 0 Å². The Hall–Kier alpha value is -1.33. The minimum atomic E-state index is -0.115. The van der Waals surface area contributed by atoms with Crippen LogP contribution in [0.4, 0.5) is 0 Å². The molecule has 5 heteroatoms. The zero-order valence-electron chi connectivity index (χ0n) is 14.8. The second-order valence-corrected chi connectivity index (χ2v) is 7.55. The predicted octanol–water partition coefficient (Wildman–Crippen LogP) is 1.40. The van der Waals surface area contributed by atoms with Gasteiger partial charge in [-0.05, 0) is 52.0 Å². The molecule has 23 heavy (non-hydrogen) atoms. The van der Waals surface area contributed by atoms with E-state index in [1.54, 1.807) is 0 Å². The van der Waals surface area contributed by atoms with E-state index >= 15 is 0 Å². The number of carbonyl (C=O) groups excluding carboxylic acids is 1. The van der Waals surface area contributed by atoms with Crippen LogP contribution < -0.4 is 0 Å². The lowest BCUT2D eigenvalue weighted by Gasteiger charge is -2.39. The van der Waals surface area contributed by atoms with Gasteiger partial charge in [-0.1, -0.05) is 0 Å². The van der Waals surface area contributed by atoms with E-state index in [-0.39, 0.29) is 5.41 Å². The van der Waals surface area contributed by atoms with E-state index in [0.29, 0.717) is 5.91 Å². The normalized spacial score (nSPS) is 25.9. The van der Waals surface area contributed by atoms with Crippen LogP contribution in [0.2, 0.25) is 0 Å². The summed E-state index contributed by atoms with van der Waals surface area (Å²) in [5, 5.41) is 0. The molecule has 1 aromatic heterocycles. The van der Waals surface area contributed by atoms with Crippen LogP contribution in [0, 0.1) is 5.41 Å². The lowest BCUT2D eigenvalue weighted by atomic mass is 9.78. The molecule has 0 N–H and O–H groups in total. The molecule has 3 heterocycles. The molecule has 2 aliphatic rings. The molecular weight excluding hydrogens is 288 g/mol. The van der Waals surface area contributed by atoms with Gasteiger partial charge in [0.05, 0.1) is 5.41 Å². The first kappa shape index (κ1) is 16.5. The van der Waals surface area contributed by atoms with Crippen molar-refractivity contribution in [3.05, 3.63) is 24.0 Å². The van der Waals surface area contributed by atoms with Crippen molar-refractivity contribution in [3.8, 4) is 0 Å². The average molecular weight is 318 g/mol. The van der Waals surface area contributed by atoms with Crippen LogP contribution in [0.15, 0.2) is 18.3 Å². The number of hydrogen-bond acceptors (Lipinski definition) is 3. The van der Waals surface area contributed by atoms with Gasteiger partial charge in [-0.2, -0.15) is 0 Å². The van der Waals surface area contributed by atoms with E-state index < -0.39 is 0 Å². The third kappa shape index (κ3) is 3.45. The maximum atomic E-state index is 13.0. The molecule has 0 aromatic carbocycles. The summed E-state index contributed by atoms with van der Waals surface area (Å²) >= 11 is 0. The predicted molar refractivity (Wildman–Crippen MR) is 92.1 cm³/mol. The molecule has 1 atom stereocenters. The summed E-state index contributed by atoms with van der Waals surface area (Å²) in [5.41, 5.74) is 1.22. The number of hydrogen-bond donors (Lipinski definition) is 0. The number of likely N-dealkylation sites (N-methyl/N-ethyl adjacent to an activating group) is 1. The van der Waals surface area contributed by atoms with Crippen LogP contribution in [0.1, 0.15) is 25.0 Å². The molecule has 0 radical (unpaired) electrons. The number of nitrogens with zero attached hydrogens (tertiary/aromatic N) is 4. The van der Waals surface area contributed by atoms with E-state index in [4.69, 9.17) is 0 Å². The van der Waals surface area contributed by atoms with Gasteiger partial charge in [0.2, 0.25) is 5.91 Å². The van der Waals surface area contributed by atoms with Crippen molar-refractivity contribution in [1.82, 2.24) is 19.3 Å². The van der Waals surface area contributed by atoms with Crippen molar-refractivity contribution in [2.45, 2.75) is 25.8 Å². The van der Waals surface area contributed by atoms with E-state index in [1.165, 1.54) is 5.69 Å². The molecule has 0 bridgehead atoms. The second kappa shape index (κ2) is 6.65. The summed E-state index contributed by atoms with van der Waals surface area (Å²) in [5.74, 6) is 0.399. The van der Waals surface area contributed by atoms with Gasteiger partial charge >= 0.3 is 0 Å². The summed E-state index contributed by atoms with van der Waals surface area (Å²) in [4.78, 5) is 19.7. The average Bonchev–Trinajstić information content (AvgIpc) is 3.04. The fraction of sp³-hybridized carbons (Fsp3) is 0.722. The molecule has 128 valence electrons. The number of rotatable bonds is 5. The minimum absolute atomic E-state index is 0.115. The fourth-order valence-electron chi connectivity index (χ4n) is 4.06. The molecule has 2 fully saturated rings. The molecule has 5 nitrogen and oxygen atoms in total. The molecular formula is C18H30N4O. The fourth-order valence-corrected chi connectivity index (χ4v) is 4.06. The van der Waals surface area contributed by atoms with Gasteiger partial charge in [0.25, 0.3) is 0 Å². The Morgan fingerprint density at radius 1 is 1.26 bits per heavy atom. The third-order valence-corrected chi connectivity index (χ3v) is 5.51. The summed E-state index contributed by atoms with van der Waals surface area (Å²) in [6.45, 7) is 5.74. The SMILES string of the molecule is CN(C)CCN1CC[C@]2(CCCN(Cc3cccn3C)C2)C1=O. The quantitative estimate of drug-likeness (QED) is 0.822. The molecule has 2 aliphatic heterocycles. The van der Waals surface area contributed by atoms with E-state index in [0.717, 1.165) is 58.5 Å². The first-order chi connectivity index (χ1) is 11.0. The van der Waals surface area contributed by atoms with Crippen molar-refractivity contribution < 1.29 is 4.79 Å². The lowest BCUT2D eigenvalue weighted by molar-refractivity contribution is -0.139. The van der Waals surface area contributed by atoms with Gasteiger partial charge in [0.15, 0.2) is 0 Å². The van der Waals surface area contributed by atoms with Crippen molar-refractivity contribution in [1.29, 1.82) is 0 Å². The highest BCUT2D eigenvalue weighted by molar-refractivity contribution is 5.85. The number of amides is 1. The number of carbonyl (C=O) groups is 1. The van der Waals surface area contributed by atoms with Crippen LogP contribution in [0.3, 0.4) is 0 Å². The maximum Gasteiger partial charge on any atom is 0.230 e. The highest BCUT2D eigenvalue weighted by Crippen LogP contribution is 2.40. The summed E-state index contributed by atoms with van der Waals surface area (Å²) in [7, 11) is 6.23. The van der Waals surface area contributed by atoms with Gasteiger partial charge < -0.3 is 14.4 Å². The third-order valence-electron chi connectivity index (χ3n) is 5.51. The standard InChI is InChI=1S/C18H30N4O/c1-19(2)12-13-22-11-8-18(17(22)23)7-5-10-21(15-18)14-16-6-4-9-20(16)3/h4,6,9H,5,7-8,10-15H2,1-3H3/t18-/m0/s1. The summed E-state index contributed by atoms with van der Waals surface area (Å²) in [6, 6.07) is 4.28. The molecule has 1 aromatic rings. The monoisotopic (exact) mass is 318 g/mol. The number of aryl methyl sites for hydroxylation is 1. The van der Waals surface area contributed by atoms with E-state index in [2.05, 4.69) is 58.7 Å². The maximum absolute atomic E-state index is 13.0. The Morgan fingerprint density at radius 3 is 2.78 bits per heavy atom. The van der Waals surface area contributed by atoms with Crippen LogP contribution in [0.25, 0.3) is 0 Å². The smallest absolute Gasteiger partial charge is 0.230 e. The Balaban J connectivity index is 1.63. The van der Waals surface area contributed by atoms with Crippen molar-refractivity contribution >= 4 is 5.91 Å². The highest BCUT2D eigenvalue weighted by atomic mass is 16.2. The summed E-state index contributed by atoms with van der Waals surface area (Å²) < 4.78 is 2.18. The number of aromatic nitrogens is 1. The Labute approximate surface area is 139 Å². The molecule has 2 saturated heterocycles. The van der Waals surface area contributed by atoms with Crippen LogP contribution in [-0.2, 0) is 18.4 Å². The van der Waals surface area contributed by atoms with Gasteiger partial charge in [0, 0.05) is 51.7 Å². The highest BCUT2D eigenvalue weighted by Gasteiger charge is 2.48. The molecule has 0 aliphatic carbocycles. The van der Waals surface area contributed by atoms with Crippen LogP contribution in [-0.4, -0.2) is 72.0 Å². The van der Waals surface area contributed by atoms with Crippen molar-refractivity contribution in [2.24, 2.45) is 12.5 Å². The molecule has 3 rings (SSSR count). The molecule has 1 amide bonds. The molecule has 0 unspecified atom stereocenters. The second-order valence-electron chi connectivity index (χ2n) is 7.55. The summed E-state index contributed by atoms with van der Waals surface area (Å²) in [6.07, 6.45) is 5.33. The van der Waals surface area contributed by atoms with Crippen molar-refractivity contribution in [3.63, 3.8) is 0 Å². The minimum Gasteiger partial charge on any atom is -0.353 e. The Morgan fingerprint density at radius 2 is 2.09 bits per heavy atom. The Bertz CT molecular complexity index is 553.